The first-order valence-corrected chi connectivity index (χ1v) is 13.8. The van der Waals surface area contributed by atoms with Crippen molar-refractivity contribution in [3.8, 4) is 0 Å². The van der Waals surface area contributed by atoms with Crippen LogP contribution in [0, 0.1) is 0 Å². The van der Waals surface area contributed by atoms with Gasteiger partial charge in [0.05, 0.1) is 25.4 Å². The van der Waals surface area contributed by atoms with Crippen molar-refractivity contribution in [2.75, 3.05) is 13.2 Å². The van der Waals surface area contributed by atoms with Crippen molar-refractivity contribution in [3.05, 3.63) is 0 Å². The Bertz CT molecular complexity index is 886. The lowest BCUT2D eigenvalue weighted by molar-refractivity contribution is -0.400. The molecule has 4 aliphatic rings. The molecule has 4 fully saturated rings. The molecule has 0 radical (unpaired) electrons. The number of ether oxygens (including phenoxy) is 7. The van der Waals surface area contributed by atoms with E-state index in [-0.39, 0.29) is 0 Å². The van der Waals surface area contributed by atoms with Crippen LogP contribution < -0.4 is 0 Å². The summed E-state index contributed by atoms with van der Waals surface area (Å²) in [5, 5.41) is 124. The molecule has 252 valence electrons. The molecule has 4 saturated heterocycles. The van der Waals surface area contributed by atoms with Gasteiger partial charge in [-0.25, -0.2) is 0 Å². The number of aliphatic hydroxyl groups excluding tert-OH is 12. The molecule has 0 aromatic rings. The highest BCUT2D eigenvalue weighted by molar-refractivity contribution is 4.97. The lowest BCUT2D eigenvalue weighted by Crippen LogP contribution is -2.67. The van der Waals surface area contributed by atoms with E-state index in [0.717, 1.165) is 0 Å². The van der Waals surface area contributed by atoms with E-state index in [0.29, 0.717) is 0 Å². The first kappa shape index (κ1) is 35.1. The molecule has 12 N–H and O–H groups in total. The van der Waals surface area contributed by atoms with E-state index in [1.54, 1.807) is 0 Å². The number of hydrogen-bond donors (Lipinski definition) is 12. The predicted molar refractivity (Wildman–Crippen MR) is 131 cm³/mol. The maximum absolute atomic E-state index is 11.0. The van der Waals surface area contributed by atoms with Crippen molar-refractivity contribution in [1.29, 1.82) is 0 Å². The summed E-state index contributed by atoms with van der Waals surface area (Å²) in [5.74, 6) is 0. The summed E-state index contributed by atoms with van der Waals surface area (Å²) < 4.78 is 38.7. The maximum atomic E-state index is 11.0. The molecule has 4 rings (SSSR count). The molecule has 19 nitrogen and oxygen atoms in total. The second-order valence-electron chi connectivity index (χ2n) is 11.1. The Balaban J connectivity index is 1.61. The number of hydrogen-bond acceptors (Lipinski definition) is 19. The largest absolute Gasteiger partial charge is 0.394 e. The third kappa shape index (κ3) is 7.00. The summed E-state index contributed by atoms with van der Waals surface area (Å²) in [7, 11) is 0. The van der Waals surface area contributed by atoms with Crippen molar-refractivity contribution in [1.82, 2.24) is 0 Å². The standard InChI is InChI=1S/C24H42O19/c1-5-9(27)13(31)16(34)22(37-5)42-19-15(33)11(29)7(3-25)40-24(19)41-18-12(30)8(4-26)39-21(36)20(18)43-23-17(35)14(32)10(28)6(2)38-23/h5-36H,3-4H2,1-2H3/t5-,6-,7+,8+,9+,10+,11-,12-,13+,14+,15-,16-,17-,18-,19+,20+,21?,22-,23-,24-/m0/s1. The van der Waals surface area contributed by atoms with E-state index >= 15 is 0 Å². The van der Waals surface area contributed by atoms with E-state index < -0.39 is 136 Å². The second-order valence-corrected chi connectivity index (χ2v) is 11.1. The van der Waals surface area contributed by atoms with Crippen molar-refractivity contribution in [2.45, 2.75) is 137 Å². The van der Waals surface area contributed by atoms with Gasteiger partial charge in [-0.3, -0.25) is 0 Å². The van der Waals surface area contributed by atoms with Gasteiger partial charge in [-0.1, -0.05) is 0 Å². The Kier molecular flexibility index (Phi) is 11.7. The monoisotopic (exact) mass is 634 g/mol. The Morgan fingerprint density at radius 3 is 1.35 bits per heavy atom. The summed E-state index contributed by atoms with van der Waals surface area (Å²) in [6.45, 7) is 1.06. The Morgan fingerprint density at radius 1 is 0.419 bits per heavy atom. The molecule has 4 aliphatic heterocycles. The van der Waals surface area contributed by atoms with Gasteiger partial charge in [0, 0.05) is 0 Å². The van der Waals surface area contributed by atoms with Gasteiger partial charge in [0.15, 0.2) is 25.2 Å². The second kappa shape index (κ2) is 14.3. The van der Waals surface area contributed by atoms with Crippen molar-refractivity contribution in [2.24, 2.45) is 0 Å². The van der Waals surface area contributed by atoms with Crippen LogP contribution in [0.25, 0.3) is 0 Å². The lowest BCUT2D eigenvalue weighted by Gasteiger charge is -2.49. The molecule has 43 heavy (non-hydrogen) atoms. The van der Waals surface area contributed by atoms with Crippen molar-refractivity contribution >= 4 is 0 Å². The van der Waals surface area contributed by atoms with Gasteiger partial charge in [-0.05, 0) is 13.8 Å². The zero-order valence-electron chi connectivity index (χ0n) is 23.2. The van der Waals surface area contributed by atoms with Crippen LogP contribution in [0.15, 0.2) is 0 Å². The molecule has 0 aromatic carbocycles. The summed E-state index contributed by atoms with van der Waals surface area (Å²) in [4.78, 5) is 0. The topological polar surface area (TPSA) is 307 Å². The average molecular weight is 635 g/mol. The molecule has 4 heterocycles. The van der Waals surface area contributed by atoms with Crippen LogP contribution in [0.3, 0.4) is 0 Å². The van der Waals surface area contributed by atoms with E-state index in [1.165, 1.54) is 13.8 Å². The fourth-order valence-corrected chi connectivity index (χ4v) is 5.39. The predicted octanol–water partition coefficient (Wildman–Crippen LogP) is -7.69. The summed E-state index contributed by atoms with van der Waals surface area (Å²) in [6, 6.07) is 0. The van der Waals surface area contributed by atoms with Crippen LogP contribution in [-0.2, 0) is 33.2 Å². The Morgan fingerprint density at radius 2 is 0.860 bits per heavy atom. The smallest absolute Gasteiger partial charge is 0.187 e. The average Bonchev–Trinajstić information content (AvgIpc) is 2.98. The van der Waals surface area contributed by atoms with Gasteiger partial charge in [0.25, 0.3) is 0 Å². The number of aliphatic hydroxyl groups is 12. The minimum absolute atomic E-state index is 0.832. The van der Waals surface area contributed by atoms with Crippen LogP contribution in [0.1, 0.15) is 13.8 Å². The van der Waals surface area contributed by atoms with E-state index in [1.807, 2.05) is 0 Å². The van der Waals surface area contributed by atoms with Crippen LogP contribution >= 0.6 is 0 Å². The van der Waals surface area contributed by atoms with E-state index in [2.05, 4.69) is 0 Å². The molecule has 20 atom stereocenters. The summed E-state index contributed by atoms with van der Waals surface area (Å²) in [6.07, 6.45) is -33.4. The SMILES string of the molecule is C[C@@H]1O[C@@H](O[C@H]2[C@H](O[C@H]3[C@@H](O)[C@@H](CO)OC(O)[C@@H]3O[C@@H]3O[C@@H](C)[C@@H](O)[C@@H](O)[C@@H]3O)O[C@H](CO)[C@H](O)[C@@H]2O)[C@@H](O)[C@H](O)[C@@H]1O. The highest BCUT2D eigenvalue weighted by atomic mass is 16.8. The minimum atomic E-state index is -1.98. The van der Waals surface area contributed by atoms with Crippen LogP contribution in [0.4, 0.5) is 0 Å². The first-order chi connectivity index (χ1) is 20.2. The fourth-order valence-electron chi connectivity index (χ4n) is 5.39. The Labute approximate surface area is 244 Å². The van der Waals surface area contributed by atoms with Crippen LogP contribution in [0.5, 0.6) is 0 Å². The van der Waals surface area contributed by atoms with Crippen molar-refractivity contribution < 1.29 is 94.4 Å². The maximum Gasteiger partial charge on any atom is 0.187 e. The third-order valence-corrected chi connectivity index (χ3v) is 8.13. The highest BCUT2D eigenvalue weighted by Crippen LogP contribution is 2.34. The molecular weight excluding hydrogens is 592 g/mol. The van der Waals surface area contributed by atoms with Crippen molar-refractivity contribution in [3.63, 3.8) is 0 Å². The molecular formula is C24H42O19. The van der Waals surface area contributed by atoms with Crippen LogP contribution in [-0.4, -0.2) is 197 Å². The molecule has 0 aliphatic carbocycles. The van der Waals surface area contributed by atoms with Gasteiger partial charge in [0.1, 0.15) is 85.5 Å². The molecule has 0 aromatic heterocycles. The number of rotatable bonds is 8. The zero-order chi connectivity index (χ0) is 31.9. The highest BCUT2D eigenvalue weighted by Gasteiger charge is 2.55. The summed E-state index contributed by atoms with van der Waals surface area (Å²) >= 11 is 0. The zero-order valence-corrected chi connectivity index (χ0v) is 23.2. The molecule has 19 heteroatoms. The molecule has 1 unspecified atom stereocenters. The third-order valence-electron chi connectivity index (χ3n) is 8.13. The van der Waals surface area contributed by atoms with Gasteiger partial charge in [-0.15, -0.1) is 0 Å². The minimum Gasteiger partial charge on any atom is -0.394 e. The fraction of sp³-hybridized carbons (Fsp3) is 1.00. The first-order valence-electron chi connectivity index (χ1n) is 13.8. The quantitative estimate of drug-likeness (QED) is 0.118. The van der Waals surface area contributed by atoms with Crippen LogP contribution in [0.2, 0.25) is 0 Å². The van der Waals surface area contributed by atoms with Gasteiger partial charge >= 0.3 is 0 Å². The van der Waals surface area contributed by atoms with Gasteiger partial charge in [-0.2, -0.15) is 0 Å². The van der Waals surface area contributed by atoms with Gasteiger partial charge < -0.3 is 94.4 Å². The molecule has 0 bridgehead atoms. The Hall–Kier alpha value is -0.760. The molecule has 0 amide bonds. The molecule has 0 spiro atoms. The van der Waals surface area contributed by atoms with E-state index in [4.69, 9.17) is 33.2 Å². The van der Waals surface area contributed by atoms with Gasteiger partial charge in [0.2, 0.25) is 0 Å². The van der Waals surface area contributed by atoms with E-state index in [9.17, 15) is 61.3 Å². The normalized spacial score (nSPS) is 54.8. The molecule has 0 saturated carbocycles. The summed E-state index contributed by atoms with van der Waals surface area (Å²) in [5.41, 5.74) is 0. The lowest BCUT2D eigenvalue weighted by atomic mass is 9.96.